The summed E-state index contributed by atoms with van der Waals surface area (Å²) in [7, 11) is 4.03. The SMILES string of the molecule is CCC1(c2ccccc2F)CN=C(N)N1CCN(C)C. The highest BCUT2D eigenvalue weighted by Crippen LogP contribution is 2.37. The Kier molecular flexibility index (Phi) is 4.28. The molecule has 0 spiro atoms. The summed E-state index contributed by atoms with van der Waals surface area (Å²) in [5, 5.41) is 0. The van der Waals surface area contributed by atoms with E-state index in [4.69, 9.17) is 5.73 Å². The van der Waals surface area contributed by atoms with Crippen LogP contribution in [0, 0.1) is 5.82 Å². The molecule has 0 radical (unpaired) electrons. The van der Waals surface area contributed by atoms with E-state index >= 15 is 0 Å². The van der Waals surface area contributed by atoms with Gasteiger partial charge in [-0.25, -0.2) is 4.39 Å². The zero-order chi connectivity index (χ0) is 14.8. The molecule has 1 unspecified atom stereocenters. The maximum Gasteiger partial charge on any atom is 0.192 e. The number of nitrogens with two attached hydrogens (primary N) is 1. The summed E-state index contributed by atoms with van der Waals surface area (Å²) in [5.74, 6) is 0.325. The smallest absolute Gasteiger partial charge is 0.192 e. The molecular formula is C15H23FN4. The third-order valence-electron chi connectivity index (χ3n) is 4.03. The minimum absolute atomic E-state index is 0.186. The summed E-state index contributed by atoms with van der Waals surface area (Å²) < 4.78 is 14.2. The number of aliphatic imine (C=N–C) groups is 1. The Labute approximate surface area is 120 Å². The molecule has 4 nitrogen and oxygen atoms in total. The molecule has 0 fully saturated rings. The van der Waals surface area contributed by atoms with E-state index < -0.39 is 5.54 Å². The lowest BCUT2D eigenvalue weighted by Crippen LogP contribution is -2.51. The molecule has 20 heavy (non-hydrogen) atoms. The Balaban J connectivity index is 2.36. The highest BCUT2D eigenvalue weighted by atomic mass is 19.1. The second kappa shape index (κ2) is 5.79. The Morgan fingerprint density at radius 2 is 2.10 bits per heavy atom. The van der Waals surface area contributed by atoms with E-state index in [0.717, 1.165) is 19.5 Å². The second-order valence-electron chi connectivity index (χ2n) is 5.49. The van der Waals surface area contributed by atoms with Crippen LogP contribution in [-0.4, -0.2) is 49.5 Å². The van der Waals surface area contributed by atoms with Gasteiger partial charge in [-0.05, 0) is 26.6 Å². The van der Waals surface area contributed by atoms with Crippen molar-refractivity contribution in [2.75, 3.05) is 33.7 Å². The van der Waals surface area contributed by atoms with E-state index in [1.54, 1.807) is 6.07 Å². The van der Waals surface area contributed by atoms with Gasteiger partial charge in [0.15, 0.2) is 5.96 Å². The molecule has 1 aromatic carbocycles. The predicted octanol–water partition coefficient (Wildman–Crippen LogP) is 1.62. The summed E-state index contributed by atoms with van der Waals surface area (Å²) in [6.07, 6.45) is 0.769. The molecule has 0 aromatic heterocycles. The number of hydrogen-bond donors (Lipinski definition) is 1. The quantitative estimate of drug-likeness (QED) is 0.890. The fraction of sp³-hybridized carbons (Fsp3) is 0.533. The highest BCUT2D eigenvalue weighted by Gasteiger charge is 2.43. The number of rotatable bonds is 5. The topological polar surface area (TPSA) is 44.9 Å². The molecule has 1 atom stereocenters. The molecule has 5 heteroatoms. The van der Waals surface area contributed by atoms with Crippen molar-refractivity contribution in [1.29, 1.82) is 0 Å². The minimum Gasteiger partial charge on any atom is -0.370 e. The van der Waals surface area contributed by atoms with Crippen molar-refractivity contribution in [2.24, 2.45) is 10.7 Å². The molecular weight excluding hydrogens is 255 g/mol. The molecule has 2 N–H and O–H groups in total. The van der Waals surface area contributed by atoms with Gasteiger partial charge in [0.1, 0.15) is 5.82 Å². The number of hydrogen-bond acceptors (Lipinski definition) is 4. The zero-order valence-corrected chi connectivity index (χ0v) is 12.4. The molecule has 110 valence electrons. The molecule has 1 heterocycles. The predicted molar refractivity (Wildman–Crippen MR) is 80.1 cm³/mol. The van der Waals surface area contributed by atoms with Crippen LogP contribution in [0.1, 0.15) is 18.9 Å². The van der Waals surface area contributed by atoms with Crippen LogP contribution in [0.3, 0.4) is 0 Å². The average molecular weight is 278 g/mol. The summed E-state index contributed by atoms with van der Waals surface area (Å²) in [5.41, 5.74) is 6.27. The van der Waals surface area contributed by atoms with Crippen LogP contribution in [0.15, 0.2) is 29.3 Å². The number of likely N-dealkylation sites (N-methyl/N-ethyl adjacent to an activating group) is 1. The van der Waals surface area contributed by atoms with Crippen LogP contribution in [-0.2, 0) is 5.54 Å². The first-order valence-electron chi connectivity index (χ1n) is 6.98. The Morgan fingerprint density at radius 1 is 1.40 bits per heavy atom. The summed E-state index contributed by atoms with van der Waals surface area (Å²) in [4.78, 5) is 8.51. The van der Waals surface area contributed by atoms with Gasteiger partial charge in [-0.2, -0.15) is 0 Å². The third kappa shape index (κ3) is 2.50. The molecule has 0 bridgehead atoms. The van der Waals surface area contributed by atoms with Crippen molar-refractivity contribution in [3.8, 4) is 0 Å². The highest BCUT2D eigenvalue weighted by molar-refractivity contribution is 5.81. The first-order chi connectivity index (χ1) is 9.51. The van der Waals surface area contributed by atoms with E-state index in [9.17, 15) is 4.39 Å². The van der Waals surface area contributed by atoms with Crippen LogP contribution in [0.5, 0.6) is 0 Å². The first-order valence-corrected chi connectivity index (χ1v) is 6.98. The molecule has 1 aliphatic heterocycles. The number of nitrogens with zero attached hydrogens (tertiary/aromatic N) is 3. The lowest BCUT2D eigenvalue weighted by atomic mass is 9.86. The van der Waals surface area contributed by atoms with Gasteiger partial charge in [0.05, 0.1) is 12.1 Å². The zero-order valence-electron chi connectivity index (χ0n) is 12.4. The standard InChI is InChI=1S/C15H23FN4/c1-4-15(12-7-5-6-8-13(12)16)11-18-14(17)20(15)10-9-19(2)3/h5-8H,4,9-11H2,1-3H3,(H2,17,18). The van der Waals surface area contributed by atoms with E-state index in [-0.39, 0.29) is 5.82 Å². The van der Waals surface area contributed by atoms with Crippen molar-refractivity contribution >= 4 is 5.96 Å². The van der Waals surface area contributed by atoms with Crippen molar-refractivity contribution in [1.82, 2.24) is 9.80 Å². The van der Waals surface area contributed by atoms with Crippen molar-refractivity contribution in [3.63, 3.8) is 0 Å². The fourth-order valence-electron chi connectivity index (χ4n) is 2.79. The monoisotopic (exact) mass is 278 g/mol. The van der Waals surface area contributed by atoms with Crippen molar-refractivity contribution < 1.29 is 4.39 Å². The van der Waals surface area contributed by atoms with Gasteiger partial charge in [0.25, 0.3) is 0 Å². The lowest BCUT2D eigenvalue weighted by molar-refractivity contribution is 0.174. The molecule has 0 saturated heterocycles. The first kappa shape index (κ1) is 14.8. The maximum atomic E-state index is 14.2. The molecule has 1 aliphatic rings. The van der Waals surface area contributed by atoms with Gasteiger partial charge in [-0.1, -0.05) is 25.1 Å². The van der Waals surface area contributed by atoms with Crippen LogP contribution >= 0.6 is 0 Å². The van der Waals surface area contributed by atoms with Gasteiger partial charge in [0.2, 0.25) is 0 Å². The van der Waals surface area contributed by atoms with Gasteiger partial charge in [-0.15, -0.1) is 0 Å². The Hall–Kier alpha value is -1.62. The molecule has 0 aliphatic carbocycles. The normalized spacial score (nSPS) is 22.4. The van der Waals surface area contributed by atoms with Crippen LogP contribution in [0.4, 0.5) is 4.39 Å². The minimum atomic E-state index is -0.453. The number of halogens is 1. The Bertz CT molecular complexity index is 500. The molecule has 2 rings (SSSR count). The number of guanidine groups is 1. The van der Waals surface area contributed by atoms with E-state index in [1.807, 2.05) is 31.1 Å². The molecule has 0 saturated carbocycles. The van der Waals surface area contributed by atoms with Crippen LogP contribution < -0.4 is 5.73 Å². The molecule has 1 aromatic rings. The number of benzene rings is 1. The van der Waals surface area contributed by atoms with Crippen LogP contribution in [0.2, 0.25) is 0 Å². The van der Waals surface area contributed by atoms with Gasteiger partial charge in [0, 0.05) is 18.7 Å². The van der Waals surface area contributed by atoms with Crippen molar-refractivity contribution in [3.05, 3.63) is 35.6 Å². The maximum absolute atomic E-state index is 14.2. The van der Waals surface area contributed by atoms with Crippen molar-refractivity contribution in [2.45, 2.75) is 18.9 Å². The second-order valence-corrected chi connectivity index (χ2v) is 5.49. The third-order valence-corrected chi connectivity index (χ3v) is 4.03. The van der Waals surface area contributed by atoms with E-state index in [0.29, 0.717) is 18.1 Å². The van der Waals surface area contributed by atoms with Gasteiger partial charge < -0.3 is 15.5 Å². The lowest BCUT2D eigenvalue weighted by Gasteiger charge is -2.39. The molecule has 0 amide bonds. The Morgan fingerprint density at radius 3 is 2.70 bits per heavy atom. The van der Waals surface area contributed by atoms with Gasteiger partial charge >= 0.3 is 0 Å². The van der Waals surface area contributed by atoms with Crippen LogP contribution in [0.25, 0.3) is 0 Å². The summed E-state index contributed by atoms with van der Waals surface area (Å²) in [6.45, 7) is 4.17. The average Bonchev–Trinajstić information content (AvgIpc) is 2.74. The van der Waals surface area contributed by atoms with E-state index in [2.05, 4.69) is 16.8 Å². The van der Waals surface area contributed by atoms with Gasteiger partial charge in [-0.3, -0.25) is 4.99 Å². The fourth-order valence-corrected chi connectivity index (χ4v) is 2.79. The summed E-state index contributed by atoms with van der Waals surface area (Å²) in [6, 6.07) is 6.93. The largest absolute Gasteiger partial charge is 0.370 e. The van der Waals surface area contributed by atoms with E-state index in [1.165, 1.54) is 6.07 Å². The summed E-state index contributed by atoms with van der Waals surface area (Å²) >= 11 is 0.